The maximum Gasteiger partial charge on any atom is 0.264 e. The highest BCUT2D eigenvalue weighted by atomic mass is 35.5. The van der Waals surface area contributed by atoms with Crippen molar-refractivity contribution in [1.82, 2.24) is 4.98 Å². The SMILES string of the molecule is COc1ccc(N2C(=O)c3c4c(nc5ccc(Cl)cc35)CC(C)(C)C=C42)cc1. The number of aromatic nitrogens is 1. The van der Waals surface area contributed by atoms with Gasteiger partial charge >= 0.3 is 0 Å². The smallest absolute Gasteiger partial charge is 0.264 e. The molecule has 5 heteroatoms. The lowest BCUT2D eigenvalue weighted by Gasteiger charge is -2.30. The number of hydrogen-bond acceptors (Lipinski definition) is 3. The van der Waals surface area contributed by atoms with Crippen molar-refractivity contribution in [3.63, 3.8) is 0 Å². The highest BCUT2D eigenvalue weighted by molar-refractivity contribution is 6.32. The molecule has 0 radical (unpaired) electrons. The quantitative estimate of drug-likeness (QED) is 0.581. The number of methoxy groups -OCH3 is 1. The van der Waals surface area contributed by atoms with Gasteiger partial charge in [0.05, 0.1) is 29.6 Å². The summed E-state index contributed by atoms with van der Waals surface area (Å²) < 4.78 is 5.27. The van der Waals surface area contributed by atoms with E-state index in [-0.39, 0.29) is 11.3 Å². The van der Waals surface area contributed by atoms with Crippen molar-refractivity contribution in [1.29, 1.82) is 0 Å². The molecule has 3 aromatic rings. The maximum atomic E-state index is 13.6. The van der Waals surface area contributed by atoms with Gasteiger partial charge in [-0.25, -0.2) is 0 Å². The van der Waals surface area contributed by atoms with E-state index in [4.69, 9.17) is 21.3 Å². The molecule has 2 heterocycles. The summed E-state index contributed by atoms with van der Waals surface area (Å²) >= 11 is 6.24. The molecule has 0 saturated heterocycles. The van der Waals surface area contributed by atoms with Crippen LogP contribution in [0, 0.1) is 5.41 Å². The van der Waals surface area contributed by atoms with Gasteiger partial charge in [-0.2, -0.15) is 0 Å². The Kier molecular flexibility index (Phi) is 3.59. The molecule has 2 aliphatic rings. The molecule has 0 spiro atoms. The van der Waals surface area contributed by atoms with Crippen LogP contribution in [0.25, 0.3) is 16.6 Å². The molecular weight excluding hydrogens is 372 g/mol. The van der Waals surface area contributed by atoms with Gasteiger partial charge in [-0.05, 0) is 54.3 Å². The summed E-state index contributed by atoms with van der Waals surface area (Å²) in [5.41, 5.74) is 5.03. The predicted octanol–water partition coefficient (Wildman–Crippen LogP) is 5.48. The molecule has 1 amide bonds. The fraction of sp³-hybridized carbons (Fsp3) is 0.217. The Morgan fingerprint density at radius 1 is 1.11 bits per heavy atom. The summed E-state index contributed by atoms with van der Waals surface area (Å²) in [7, 11) is 1.63. The topological polar surface area (TPSA) is 42.4 Å². The van der Waals surface area contributed by atoms with Crippen LogP contribution in [0.3, 0.4) is 0 Å². The van der Waals surface area contributed by atoms with Crippen LogP contribution < -0.4 is 9.64 Å². The minimum atomic E-state index is -0.0952. The maximum absolute atomic E-state index is 13.6. The van der Waals surface area contributed by atoms with Crippen LogP contribution in [0.1, 0.15) is 35.5 Å². The van der Waals surface area contributed by atoms with E-state index in [0.29, 0.717) is 10.6 Å². The fourth-order valence-electron chi connectivity index (χ4n) is 4.22. The van der Waals surface area contributed by atoms with Gasteiger partial charge in [0.25, 0.3) is 5.91 Å². The van der Waals surface area contributed by atoms with Gasteiger partial charge < -0.3 is 4.74 Å². The summed E-state index contributed by atoms with van der Waals surface area (Å²) in [5, 5.41) is 1.40. The molecule has 4 nitrogen and oxygen atoms in total. The van der Waals surface area contributed by atoms with Crippen LogP contribution in [-0.4, -0.2) is 18.0 Å². The molecule has 1 aliphatic carbocycles. The number of allylic oxidation sites excluding steroid dienone is 1. The Bertz CT molecular complexity index is 1180. The molecule has 2 aromatic carbocycles. The molecule has 1 aliphatic heterocycles. The van der Waals surface area contributed by atoms with Crippen molar-refractivity contribution in [2.75, 3.05) is 12.0 Å². The van der Waals surface area contributed by atoms with E-state index in [1.807, 2.05) is 42.5 Å². The van der Waals surface area contributed by atoms with Gasteiger partial charge in [0.1, 0.15) is 5.75 Å². The first kappa shape index (κ1) is 17.3. The fourth-order valence-corrected chi connectivity index (χ4v) is 4.39. The lowest BCUT2D eigenvalue weighted by atomic mass is 9.79. The van der Waals surface area contributed by atoms with E-state index in [0.717, 1.165) is 45.7 Å². The number of halogens is 1. The van der Waals surface area contributed by atoms with Crippen LogP contribution in [0.2, 0.25) is 5.02 Å². The molecule has 5 rings (SSSR count). The number of anilines is 1. The number of carbonyl (C=O) groups excluding carboxylic acids is 1. The number of nitrogens with zero attached hydrogens (tertiary/aromatic N) is 2. The largest absolute Gasteiger partial charge is 0.497 e. The molecule has 0 unspecified atom stereocenters. The van der Waals surface area contributed by atoms with E-state index in [9.17, 15) is 4.79 Å². The number of ether oxygens (including phenoxy) is 1. The second-order valence-electron chi connectivity index (χ2n) is 8.00. The van der Waals surface area contributed by atoms with Crippen molar-refractivity contribution in [2.24, 2.45) is 5.41 Å². The number of pyridine rings is 1. The van der Waals surface area contributed by atoms with E-state index < -0.39 is 0 Å². The molecule has 0 fully saturated rings. The molecule has 0 bridgehead atoms. The molecule has 0 saturated carbocycles. The van der Waals surface area contributed by atoms with Crippen LogP contribution in [-0.2, 0) is 6.42 Å². The first-order valence-electron chi connectivity index (χ1n) is 9.22. The number of hydrogen-bond donors (Lipinski definition) is 0. The Morgan fingerprint density at radius 2 is 1.86 bits per heavy atom. The van der Waals surface area contributed by atoms with Crippen molar-refractivity contribution >= 4 is 39.8 Å². The van der Waals surface area contributed by atoms with E-state index in [1.165, 1.54) is 0 Å². The zero-order chi connectivity index (χ0) is 19.6. The summed E-state index contributed by atoms with van der Waals surface area (Å²) in [5.74, 6) is 0.713. The molecule has 140 valence electrons. The third kappa shape index (κ3) is 2.45. The second kappa shape index (κ2) is 5.82. The molecule has 1 aromatic heterocycles. The third-order valence-corrected chi connectivity index (χ3v) is 5.65. The van der Waals surface area contributed by atoms with Crippen molar-refractivity contribution in [2.45, 2.75) is 20.3 Å². The molecular formula is C23H19ClN2O2. The van der Waals surface area contributed by atoms with Gasteiger partial charge in [-0.3, -0.25) is 14.7 Å². The third-order valence-electron chi connectivity index (χ3n) is 5.42. The summed E-state index contributed by atoms with van der Waals surface area (Å²) in [6.45, 7) is 4.34. The minimum absolute atomic E-state index is 0.0416. The number of amides is 1. The van der Waals surface area contributed by atoms with Crippen LogP contribution in [0.4, 0.5) is 5.69 Å². The Labute approximate surface area is 168 Å². The van der Waals surface area contributed by atoms with Crippen molar-refractivity contribution in [3.05, 3.63) is 70.4 Å². The number of benzene rings is 2. The number of carbonyl (C=O) groups is 1. The molecule has 0 N–H and O–H groups in total. The van der Waals surface area contributed by atoms with Gasteiger partial charge in [0, 0.05) is 21.7 Å². The normalized spacial score (nSPS) is 16.9. The van der Waals surface area contributed by atoms with Gasteiger partial charge in [-0.15, -0.1) is 0 Å². The summed E-state index contributed by atoms with van der Waals surface area (Å²) in [6, 6.07) is 13.1. The number of fused-ring (bicyclic) bond motifs is 2. The van der Waals surface area contributed by atoms with E-state index in [2.05, 4.69) is 19.9 Å². The van der Waals surface area contributed by atoms with E-state index >= 15 is 0 Å². The Morgan fingerprint density at radius 3 is 2.57 bits per heavy atom. The van der Waals surface area contributed by atoms with Gasteiger partial charge in [-0.1, -0.05) is 31.5 Å². The van der Waals surface area contributed by atoms with Crippen molar-refractivity contribution < 1.29 is 9.53 Å². The van der Waals surface area contributed by atoms with Crippen LogP contribution in [0.15, 0.2) is 48.5 Å². The Balaban J connectivity index is 1.80. The van der Waals surface area contributed by atoms with E-state index in [1.54, 1.807) is 12.0 Å². The second-order valence-corrected chi connectivity index (χ2v) is 8.44. The first-order valence-corrected chi connectivity index (χ1v) is 9.60. The highest BCUT2D eigenvalue weighted by Crippen LogP contribution is 2.47. The minimum Gasteiger partial charge on any atom is -0.497 e. The standard InChI is InChI=1S/C23H19ClN2O2/c1-23(2)11-18-21-19(12-23)26(14-5-7-15(28-3)8-6-14)22(27)20(21)16-10-13(24)4-9-17(16)25-18/h4-10,12H,11H2,1-3H3. The van der Waals surface area contributed by atoms with Crippen molar-refractivity contribution in [3.8, 4) is 5.75 Å². The predicted molar refractivity (Wildman–Crippen MR) is 112 cm³/mol. The average molecular weight is 391 g/mol. The zero-order valence-electron chi connectivity index (χ0n) is 15.9. The molecule has 0 atom stereocenters. The van der Waals surface area contributed by atoms with Crippen LogP contribution in [0.5, 0.6) is 5.75 Å². The lowest BCUT2D eigenvalue weighted by molar-refractivity contribution is 0.101. The highest BCUT2D eigenvalue weighted by Gasteiger charge is 2.42. The zero-order valence-corrected chi connectivity index (χ0v) is 16.7. The average Bonchev–Trinajstić information content (AvgIpc) is 2.94. The monoisotopic (exact) mass is 390 g/mol. The Hall–Kier alpha value is -2.85. The van der Waals surface area contributed by atoms with Gasteiger partial charge in [0.2, 0.25) is 0 Å². The first-order chi connectivity index (χ1) is 13.4. The van der Waals surface area contributed by atoms with Crippen LogP contribution >= 0.6 is 11.6 Å². The number of rotatable bonds is 2. The van der Waals surface area contributed by atoms with Gasteiger partial charge in [0.15, 0.2) is 0 Å². The molecule has 28 heavy (non-hydrogen) atoms. The lowest BCUT2D eigenvalue weighted by Crippen LogP contribution is -2.26. The summed E-state index contributed by atoms with van der Waals surface area (Å²) in [4.78, 5) is 20.3. The summed E-state index contributed by atoms with van der Waals surface area (Å²) in [6.07, 6.45) is 2.98.